The molecular weight excluding hydrogens is 204 g/mol. The van der Waals surface area contributed by atoms with Gasteiger partial charge in [-0.2, -0.15) is 0 Å². The average molecular weight is 228 g/mol. The predicted octanol–water partition coefficient (Wildman–Crippen LogP) is 1.49. The second kappa shape index (κ2) is 6.74. The Balaban J connectivity index is 2.40. The van der Waals surface area contributed by atoms with Crippen molar-refractivity contribution in [3.63, 3.8) is 0 Å². The van der Waals surface area contributed by atoms with Crippen LogP contribution in [0.25, 0.3) is 0 Å². The van der Waals surface area contributed by atoms with E-state index in [1.54, 1.807) is 0 Å². The summed E-state index contributed by atoms with van der Waals surface area (Å²) in [5.41, 5.74) is 0. The molecule has 1 rings (SSSR count). The first-order chi connectivity index (χ1) is 7.65. The van der Waals surface area contributed by atoms with Gasteiger partial charge in [-0.1, -0.05) is 26.7 Å². The molecule has 0 heterocycles. The van der Waals surface area contributed by atoms with Crippen molar-refractivity contribution in [2.75, 3.05) is 13.2 Å². The highest BCUT2D eigenvalue weighted by atomic mass is 16.3. The van der Waals surface area contributed by atoms with Gasteiger partial charge in [0.2, 0.25) is 0 Å². The number of urea groups is 1. The van der Waals surface area contributed by atoms with E-state index in [4.69, 9.17) is 5.11 Å². The summed E-state index contributed by atoms with van der Waals surface area (Å²) in [5, 5.41) is 14.3. The normalized spacial score (nSPS) is 25.5. The SMILES string of the molecule is CC(C)C1CCCCC1NC(=O)NCCO. The highest BCUT2D eigenvalue weighted by Crippen LogP contribution is 2.29. The van der Waals surface area contributed by atoms with E-state index < -0.39 is 0 Å². The van der Waals surface area contributed by atoms with Crippen LogP contribution in [0.5, 0.6) is 0 Å². The van der Waals surface area contributed by atoms with E-state index >= 15 is 0 Å². The zero-order valence-corrected chi connectivity index (χ0v) is 10.3. The Morgan fingerprint density at radius 1 is 1.38 bits per heavy atom. The lowest BCUT2D eigenvalue weighted by molar-refractivity contribution is 0.192. The van der Waals surface area contributed by atoms with E-state index in [1.165, 1.54) is 19.3 Å². The molecular formula is C12H24N2O2. The fourth-order valence-electron chi connectivity index (χ4n) is 2.53. The smallest absolute Gasteiger partial charge is 0.315 e. The molecule has 4 heteroatoms. The molecule has 0 bridgehead atoms. The van der Waals surface area contributed by atoms with Gasteiger partial charge in [-0.3, -0.25) is 0 Å². The first-order valence-corrected chi connectivity index (χ1v) is 6.30. The van der Waals surface area contributed by atoms with Crippen LogP contribution in [0.4, 0.5) is 4.79 Å². The summed E-state index contributed by atoms with van der Waals surface area (Å²) < 4.78 is 0. The van der Waals surface area contributed by atoms with Crippen molar-refractivity contribution in [1.29, 1.82) is 0 Å². The summed E-state index contributed by atoms with van der Waals surface area (Å²) in [7, 11) is 0. The molecule has 3 N–H and O–H groups in total. The van der Waals surface area contributed by atoms with E-state index in [9.17, 15) is 4.79 Å². The quantitative estimate of drug-likeness (QED) is 0.682. The molecule has 1 aliphatic rings. The number of carbonyl (C=O) groups excluding carboxylic acids is 1. The minimum Gasteiger partial charge on any atom is -0.395 e. The zero-order valence-electron chi connectivity index (χ0n) is 10.3. The molecule has 0 aliphatic heterocycles. The predicted molar refractivity (Wildman–Crippen MR) is 64.2 cm³/mol. The summed E-state index contributed by atoms with van der Waals surface area (Å²) in [6.07, 6.45) is 4.77. The van der Waals surface area contributed by atoms with Crippen LogP contribution in [0.3, 0.4) is 0 Å². The van der Waals surface area contributed by atoms with Crippen LogP contribution in [0.1, 0.15) is 39.5 Å². The Kier molecular flexibility index (Phi) is 5.60. The highest BCUT2D eigenvalue weighted by molar-refractivity contribution is 5.74. The Bertz CT molecular complexity index is 219. The van der Waals surface area contributed by atoms with Crippen LogP contribution >= 0.6 is 0 Å². The number of hydrogen-bond acceptors (Lipinski definition) is 2. The Labute approximate surface area is 97.8 Å². The number of carbonyl (C=O) groups is 1. The molecule has 1 saturated carbocycles. The van der Waals surface area contributed by atoms with Gasteiger partial charge < -0.3 is 15.7 Å². The molecule has 2 atom stereocenters. The molecule has 0 aromatic carbocycles. The maximum atomic E-state index is 11.5. The number of aliphatic hydroxyl groups is 1. The Morgan fingerprint density at radius 2 is 2.06 bits per heavy atom. The third kappa shape index (κ3) is 4.00. The summed E-state index contributed by atoms with van der Waals surface area (Å²) in [5.74, 6) is 1.21. The first kappa shape index (κ1) is 13.3. The van der Waals surface area contributed by atoms with E-state index in [-0.39, 0.29) is 12.6 Å². The van der Waals surface area contributed by atoms with E-state index in [1.807, 2.05) is 0 Å². The second-order valence-electron chi connectivity index (χ2n) is 4.92. The van der Waals surface area contributed by atoms with Gasteiger partial charge in [0.05, 0.1) is 6.61 Å². The maximum absolute atomic E-state index is 11.5. The number of aliphatic hydroxyl groups excluding tert-OH is 1. The van der Waals surface area contributed by atoms with Crippen molar-refractivity contribution in [2.45, 2.75) is 45.6 Å². The summed E-state index contributed by atoms with van der Waals surface area (Å²) in [6, 6.07) is 0.152. The molecule has 2 amide bonds. The molecule has 16 heavy (non-hydrogen) atoms. The summed E-state index contributed by atoms with van der Waals surface area (Å²) in [4.78, 5) is 11.5. The van der Waals surface area contributed by atoms with Crippen LogP contribution in [0.2, 0.25) is 0 Å². The largest absolute Gasteiger partial charge is 0.395 e. The van der Waals surface area contributed by atoms with Crippen molar-refractivity contribution in [1.82, 2.24) is 10.6 Å². The van der Waals surface area contributed by atoms with Crippen molar-refractivity contribution < 1.29 is 9.90 Å². The van der Waals surface area contributed by atoms with Crippen molar-refractivity contribution >= 4 is 6.03 Å². The average Bonchev–Trinajstić information content (AvgIpc) is 2.27. The minimum atomic E-state index is -0.147. The van der Waals surface area contributed by atoms with Gasteiger partial charge in [-0.05, 0) is 24.7 Å². The molecule has 0 aromatic heterocycles. The van der Waals surface area contributed by atoms with Gasteiger partial charge in [0, 0.05) is 12.6 Å². The number of rotatable bonds is 4. The van der Waals surface area contributed by atoms with Crippen LogP contribution in [0, 0.1) is 11.8 Å². The Hall–Kier alpha value is -0.770. The van der Waals surface area contributed by atoms with Gasteiger partial charge in [0.1, 0.15) is 0 Å². The molecule has 4 nitrogen and oxygen atoms in total. The van der Waals surface area contributed by atoms with E-state index in [0.717, 1.165) is 6.42 Å². The van der Waals surface area contributed by atoms with Crippen LogP contribution in [-0.4, -0.2) is 30.3 Å². The molecule has 1 fully saturated rings. The van der Waals surface area contributed by atoms with Crippen molar-refractivity contribution in [3.05, 3.63) is 0 Å². The summed E-state index contributed by atoms with van der Waals surface area (Å²) in [6.45, 7) is 4.75. The molecule has 1 aliphatic carbocycles. The minimum absolute atomic E-state index is 0.00824. The maximum Gasteiger partial charge on any atom is 0.315 e. The number of nitrogens with one attached hydrogen (secondary N) is 2. The van der Waals surface area contributed by atoms with Gasteiger partial charge >= 0.3 is 6.03 Å². The van der Waals surface area contributed by atoms with E-state index in [2.05, 4.69) is 24.5 Å². The van der Waals surface area contributed by atoms with Gasteiger partial charge in [0.15, 0.2) is 0 Å². The van der Waals surface area contributed by atoms with Crippen molar-refractivity contribution in [2.24, 2.45) is 11.8 Å². The fourth-order valence-corrected chi connectivity index (χ4v) is 2.53. The lowest BCUT2D eigenvalue weighted by Crippen LogP contribution is -2.48. The van der Waals surface area contributed by atoms with Gasteiger partial charge in [-0.15, -0.1) is 0 Å². The summed E-state index contributed by atoms with van der Waals surface area (Å²) >= 11 is 0. The fraction of sp³-hybridized carbons (Fsp3) is 0.917. The molecule has 0 aromatic rings. The second-order valence-corrected chi connectivity index (χ2v) is 4.92. The Morgan fingerprint density at radius 3 is 2.69 bits per heavy atom. The van der Waals surface area contributed by atoms with Crippen LogP contribution in [-0.2, 0) is 0 Å². The lowest BCUT2D eigenvalue weighted by Gasteiger charge is -2.34. The highest BCUT2D eigenvalue weighted by Gasteiger charge is 2.28. The topological polar surface area (TPSA) is 61.4 Å². The third-order valence-electron chi connectivity index (χ3n) is 3.39. The monoisotopic (exact) mass is 228 g/mol. The zero-order chi connectivity index (χ0) is 12.0. The van der Waals surface area contributed by atoms with Gasteiger partial charge in [-0.25, -0.2) is 4.79 Å². The number of amides is 2. The molecule has 0 saturated heterocycles. The lowest BCUT2D eigenvalue weighted by atomic mass is 9.78. The molecule has 0 radical (unpaired) electrons. The van der Waals surface area contributed by atoms with Crippen molar-refractivity contribution in [3.8, 4) is 0 Å². The molecule has 94 valence electrons. The third-order valence-corrected chi connectivity index (χ3v) is 3.39. The van der Waals surface area contributed by atoms with E-state index in [0.29, 0.717) is 24.4 Å². The van der Waals surface area contributed by atoms with Gasteiger partial charge in [0.25, 0.3) is 0 Å². The van der Waals surface area contributed by atoms with Crippen LogP contribution < -0.4 is 10.6 Å². The number of hydrogen-bond donors (Lipinski definition) is 3. The van der Waals surface area contributed by atoms with Crippen LogP contribution in [0.15, 0.2) is 0 Å². The first-order valence-electron chi connectivity index (χ1n) is 6.30. The molecule has 2 unspecified atom stereocenters. The standard InChI is InChI=1S/C12H24N2O2/c1-9(2)10-5-3-4-6-11(10)14-12(16)13-7-8-15/h9-11,15H,3-8H2,1-2H3,(H2,13,14,16). The molecule has 0 spiro atoms.